The predicted molar refractivity (Wildman–Crippen MR) is 73.2 cm³/mol. The summed E-state index contributed by atoms with van der Waals surface area (Å²) < 4.78 is 5.13. The molecule has 17 heavy (non-hydrogen) atoms. The van der Waals surface area contributed by atoms with Crippen molar-refractivity contribution < 1.29 is 4.74 Å². The minimum absolute atomic E-state index is 0.218. The van der Waals surface area contributed by atoms with Crippen molar-refractivity contribution in [1.29, 1.82) is 0 Å². The number of hydrogen-bond donors (Lipinski definition) is 1. The van der Waals surface area contributed by atoms with E-state index in [1.807, 2.05) is 0 Å². The summed E-state index contributed by atoms with van der Waals surface area (Å²) in [6, 6.07) is 0. The van der Waals surface area contributed by atoms with E-state index < -0.39 is 0 Å². The van der Waals surface area contributed by atoms with Crippen molar-refractivity contribution in [1.82, 2.24) is 4.90 Å². The number of likely N-dealkylation sites (N-methyl/N-ethyl adjacent to an activating group) is 1. The lowest BCUT2D eigenvalue weighted by Gasteiger charge is -2.49. The molecule has 0 heterocycles. The van der Waals surface area contributed by atoms with Crippen LogP contribution < -0.4 is 5.73 Å². The van der Waals surface area contributed by atoms with E-state index in [4.69, 9.17) is 10.5 Å². The summed E-state index contributed by atoms with van der Waals surface area (Å²) in [5.74, 6) is 0. The summed E-state index contributed by atoms with van der Waals surface area (Å²) >= 11 is 0. The van der Waals surface area contributed by atoms with Gasteiger partial charge in [0, 0.05) is 32.3 Å². The van der Waals surface area contributed by atoms with Crippen LogP contribution in [0.1, 0.15) is 46.0 Å². The van der Waals surface area contributed by atoms with Gasteiger partial charge in [0.2, 0.25) is 0 Å². The molecule has 1 aliphatic rings. The van der Waals surface area contributed by atoms with E-state index in [0.29, 0.717) is 5.41 Å². The Bertz CT molecular complexity index is 230. The molecule has 0 aromatic carbocycles. The van der Waals surface area contributed by atoms with Gasteiger partial charge in [0.25, 0.3) is 0 Å². The lowest BCUT2D eigenvalue weighted by Crippen LogP contribution is -2.56. The Morgan fingerprint density at radius 2 is 2.00 bits per heavy atom. The average molecular weight is 242 g/mol. The fraction of sp³-hybridized carbons (Fsp3) is 1.00. The molecule has 0 spiro atoms. The molecule has 1 aliphatic carbocycles. The van der Waals surface area contributed by atoms with Gasteiger partial charge in [-0.1, -0.05) is 20.3 Å². The highest BCUT2D eigenvalue weighted by Gasteiger charge is 2.41. The van der Waals surface area contributed by atoms with Crippen molar-refractivity contribution in [2.75, 3.05) is 33.9 Å². The Morgan fingerprint density at radius 3 is 2.53 bits per heavy atom. The zero-order valence-electron chi connectivity index (χ0n) is 12.1. The van der Waals surface area contributed by atoms with E-state index in [0.717, 1.165) is 26.1 Å². The normalized spacial score (nSPS) is 28.6. The number of rotatable bonds is 6. The third kappa shape index (κ3) is 3.94. The highest BCUT2D eigenvalue weighted by molar-refractivity contribution is 4.98. The fourth-order valence-corrected chi connectivity index (χ4v) is 3.30. The van der Waals surface area contributed by atoms with Crippen LogP contribution in [0.25, 0.3) is 0 Å². The maximum atomic E-state index is 6.09. The van der Waals surface area contributed by atoms with E-state index in [-0.39, 0.29) is 5.54 Å². The molecule has 0 aliphatic heterocycles. The first-order valence-electron chi connectivity index (χ1n) is 6.86. The average Bonchev–Trinajstić information content (AvgIpc) is 2.27. The van der Waals surface area contributed by atoms with Crippen LogP contribution in [-0.4, -0.2) is 44.3 Å². The first-order valence-corrected chi connectivity index (χ1v) is 6.86. The molecule has 0 aromatic heterocycles. The lowest BCUT2D eigenvalue weighted by atomic mass is 9.67. The Kier molecular flexibility index (Phi) is 5.42. The van der Waals surface area contributed by atoms with Crippen LogP contribution >= 0.6 is 0 Å². The van der Waals surface area contributed by atoms with Gasteiger partial charge in [-0.15, -0.1) is 0 Å². The summed E-state index contributed by atoms with van der Waals surface area (Å²) in [6.07, 6.45) is 6.20. The number of nitrogens with two attached hydrogens (primary N) is 1. The number of ether oxygens (including phenoxy) is 1. The maximum absolute atomic E-state index is 6.09. The predicted octanol–water partition coefficient (Wildman–Crippen LogP) is 2.25. The van der Waals surface area contributed by atoms with Crippen LogP contribution in [0.3, 0.4) is 0 Å². The minimum Gasteiger partial charge on any atom is -0.385 e. The number of nitrogens with zero attached hydrogens (tertiary/aromatic N) is 1. The zero-order valence-corrected chi connectivity index (χ0v) is 12.1. The largest absolute Gasteiger partial charge is 0.385 e. The molecule has 1 saturated carbocycles. The summed E-state index contributed by atoms with van der Waals surface area (Å²) in [7, 11) is 3.99. The van der Waals surface area contributed by atoms with Crippen LogP contribution in [0.2, 0.25) is 0 Å². The van der Waals surface area contributed by atoms with Gasteiger partial charge in [0.05, 0.1) is 0 Å². The fourth-order valence-electron chi connectivity index (χ4n) is 3.30. The first-order chi connectivity index (χ1) is 7.96. The van der Waals surface area contributed by atoms with Gasteiger partial charge in [-0.3, -0.25) is 4.90 Å². The third-order valence-corrected chi connectivity index (χ3v) is 4.33. The number of methoxy groups -OCH3 is 1. The quantitative estimate of drug-likeness (QED) is 0.726. The highest BCUT2D eigenvalue weighted by Crippen LogP contribution is 2.43. The van der Waals surface area contributed by atoms with Crippen molar-refractivity contribution in [3.05, 3.63) is 0 Å². The van der Waals surface area contributed by atoms with Gasteiger partial charge in [0.15, 0.2) is 0 Å². The van der Waals surface area contributed by atoms with Crippen LogP contribution in [0.15, 0.2) is 0 Å². The molecule has 0 aromatic rings. The van der Waals surface area contributed by atoms with E-state index in [9.17, 15) is 0 Å². The molecule has 1 fully saturated rings. The molecule has 0 saturated heterocycles. The molecule has 2 N–H and O–H groups in total. The van der Waals surface area contributed by atoms with Crippen LogP contribution in [0.4, 0.5) is 0 Å². The molecule has 3 heteroatoms. The summed E-state index contributed by atoms with van der Waals surface area (Å²) in [4.78, 5) is 2.48. The Labute approximate surface area is 107 Å². The first kappa shape index (κ1) is 14.9. The minimum atomic E-state index is 0.218. The molecule has 1 unspecified atom stereocenters. The van der Waals surface area contributed by atoms with Crippen molar-refractivity contribution >= 4 is 0 Å². The van der Waals surface area contributed by atoms with Gasteiger partial charge in [0.1, 0.15) is 0 Å². The molecule has 0 amide bonds. The van der Waals surface area contributed by atoms with Crippen LogP contribution in [0.5, 0.6) is 0 Å². The molecule has 3 nitrogen and oxygen atoms in total. The van der Waals surface area contributed by atoms with Gasteiger partial charge >= 0.3 is 0 Å². The molecule has 102 valence electrons. The number of hydrogen-bond acceptors (Lipinski definition) is 3. The molecular formula is C14H30N2O. The monoisotopic (exact) mass is 242 g/mol. The smallest absolute Gasteiger partial charge is 0.0474 e. The second-order valence-corrected chi connectivity index (χ2v) is 6.39. The molecule has 0 bridgehead atoms. The topological polar surface area (TPSA) is 38.5 Å². The summed E-state index contributed by atoms with van der Waals surface area (Å²) in [5, 5.41) is 0. The Hall–Kier alpha value is -0.120. The molecule has 0 radical (unpaired) electrons. The van der Waals surface area contributed by atoms with E-state index >= 15 is 0 Å². The van der Waals surface area contributed by atoms with E-state index in [2.05, 4.69) is 25.8 Å². The Morgan fingerprint density at radius 1 is 1.29 bits per heavy atom. The Balaban J connectivity index is 2.60. The third-order valence-electron chi connectivity index (χ3n) is 4.33. The van der Waals surface area contributed by atoms with E-state index in [1.165, 1.54) is 25.7 Å². The maximum Gasteiger partial charge on any atom is 0.0474 e. The van der Waals surface area contributed by atoms with E-state index in [1.54, 1.807) is 7.11 Å². The molecular weight excluding hydrogens is 212 g/mol. The highest BCUT2D eigenvalue weighted by atomic mass is 16.5. The van der Waals surface area contributed by atoms with Crippen molar-refractivity contribution in [3.63, 3.8) is 0 Å². The standard InChI is InChI=1S/C14H30N2O/c1-13(2)7-5-8-14(11-13,12-15)16(3)9-6-10-17-4/h5-12,15H2,1-4H3. The second-order valence-electron chi connectivity index (χ2n) is 6.39. The summed E-state index contributed by atoms with van der Waals surface area (Å²) in [5.41, 5.74) is 6.75. The van der Waals surface area contributed by atoms with Crippen molar-refractivity contribution in [2.45, 2.75) is 51.5 Å². The molecule has 1 rings (SSSR count). The lowest BCUT2D eigenvalue weighted by molar-refractivity contribution is 0.0228. The van der Waals surface area contributed by atoms with Gasteiger partial charge in [-0.25, -0.2) is 0 Å². The van der Waals surface area contributed by atoms with Gasteiger partial charge < -0.3 is 10.5 Å². The van der Waals surface area contributed by atoms with Gasteiger partial charge in [-0.05, 0) is 38.1 Å². The zero-order chi connectivity index (χ0) is 12.9. The SMILES string of the molecule is COCCCN(C)C1(CN)CCCC(C)(C)C1. The second kappa shape index (κ2) is 6.17. The molecule has 1 atom stereocenters. The van der Waals surface area contributed by atoms with Crippen LogP contribution in [0, 0.1) is 5.41 Å². The van der Waals surface area contributed by atoms with Crippen LogP contribution in [-0.2, 0) is 4.74 Å². The van der Waals surface area contributed by atoms with Crippen molar-refractivity contribution in [3.8, 4) is 0 Å². The van der Waals surface area contributed by atoms with Gasteiger partial charge in [-0.2, -0.15) is 0 Å². The van der Waals surface area contributed by atoms with Crippen molar-refractivity contribution in [2.24, 2.45) is 11.1 Å². The summed E-state index contributed by atoms with van der Waals surface area (Å²) in [6.45, 7) is 7.45.